The molecule has 0 spiro atoms. The molecule has 0 bridgehead atoms. The maximum atomic E-state index is 13.3. The Kier molecular flexibility index (Phi) is 2.65. The second kappa shape index (κ2) is 4.74. The normalized spacial score (nSPS) is 20.4. The molecule has 1 N–H and O–H groups in total. The number of hydrogen-bond acceptors (Lipinski definition) is 5. The van der Waals surface area contributed by atoms with Gasteiger partial charge in [-0.1, -0.05) is 12.1 Å². The van der Waals surface area contributed by atoms with E-state index in [4.69, 9.17) is 14.2 Å². The SMILES string of the molecule is O=C1OCC2=C1[C@@H](c1ccc(F)cc1)c1cc3c(cc1N2)OCO3. The van der Waals surface area contributed by atoms with E-state index < -0.39 is 0 Å². The molecule has 2 aromatic carbocycles. The standard InChI is InChI=1S/C18H12FNO4/c19-10-3-1-9(2-4-10)16-11-5-14-15(24-8-23-14)6-12(11)20-13-7-22-18(21)17(13)16/h1-6,16,20H,7-8H2/t16-/m0/s1. The van der Waals surface area contributed by atoms with Gasteiger partial charge in [0.15, 0.2) is 11.5 Å². The Bertz CT molecular complexity index is 904. The van der Waals surface area contributed by atoms with E-state index in [1.54, 1.807) is 12.1 Å². The smallest absolute Gasteiger partial charge is 0.337 e. The number of benzene rings is 2. The van der Waals surface area contributed by atoms with Crippen LogP contribution in [0.3, 0.4) is 0 Å². The number of fused-ring (bicyclic) bond motifs is 2. The van der Waals surface area contributed by atoms with Crippen molar-refractivity contribution in [1.82, 2.24) is 0 Å². The molecule has 0 saturated heterocycles. The molecular formula is C18H12FNO4. The highest BCUT2D eigenvalue weighted by atomic mass is 19.1. The minimum Gasteiger partial charge on any atom is -0.456 e. The summed E-state index contributed by atoms with van der Waals surface area (Å²) in [6, 6.07) is 9.90. The summed E-state index contributed by atoms with van der Waals surface area (Å²) >= 11 is 0. The van der Waals surface area contributed by atoms with Crippen LogP contribution in [0.15, 0.2) is 47.7 Å². The van der Waals surface area contributed by atoms with Crippen LogP contribution >= 0.6 is 0 Å². The van der Waals surface area contributed by atoms with Crippen LogP contribution in [-0.2, 0) is 9.53 Å². The van der Waals surface area contributed by atoms with Crippen molar-refractivity contribution in [1.29, 1.82) is 0 Å². The first-order valence-corrected chi connectivity index (χ1v) is 7.57. The molecule has 3 heterocycles. The maximum Gasteiger partial charge on any atom is 0.337 e. The highest BCUT2D eigenvalue weighted by Crippen LogP contribution is 2.48. The minimum absolute atomic E-state index is 0.175. The Labute approximate surface area is 136 Å². The summed E-state index contributed by atoms with van der Waals surface area (Å²) in [4.78, 5) is 12.3. The summed E-state index contributed by atoms with van der Waals surface area (Å²) in [5.74, 6) is 0.296. The number of carbonyl (C=O) groups is 1. The largest absolute Gasteiger partial charge is 0.456 e. The Balaban J connectivity index is 1.73. The van der Waals surface area contributed by atoms with Crippen LogP contribution in [0.1, 0.15) is 17.0 Å². The second-order valence-electron chi connectivity index (χ2n) is 5.87. The van der Waals surface area contributed by atoms with Gasteiger partial charge in [0, 0.05) is 17.7 Å². The molecule has 3 aliphatic rings. The number of carbonyl (C=O) groups excluding carboxylic acids is 1. The molecule has 120 valence electrons. The van der Waals surface area contributed by atoms with Crippen LogP contribution < -0.4 is 14.8 Å². The van der Waals surface area contributed by atoms with E-state index in [0.29, 0.717) is 17.1 Å². The van der Waals surface area contributed by atoms with Crippen LogP contribution in [0.5, 0.6) is 11.5 Å². The molecule has 0 amide bonds. The number of hydrogen-bond donors (Lipinski definition) is 1. The second-order valence-corrected chi connectivity index (χ2v) is 5.87. The van der Waals surface area contributed by atoms with E-state index in [2.05, 4.69) is 5.32 Å². The lowest BCUT2D eigenvalue weighted by atomic mass is 9.81. The Morgan fingerprint density at radius 3 is 2.58 bits per heavy atom. The molecule has 24 heavy (non-hydrogen) atoms. The predicted molar refractivity (Wildman–Crippen MR) is 82.4 cm³/mol. The van der Waals surface area contributed by atoms with Gasteiger partial charge in [0.2, 0.25) is 6.79 Å². The summed E-state index contributed by atoms with van der Waals surface area (Å²) < 4.78 is 29.4. The fourth-order valence-electron chi connectivity index (χ4n) is 3.44. The number of ether oxygens (including phenoxy) is 3. The zero-order chi connectivity index (χ0) is 16.3. The van der Waals surface area contributed by atoms with E-state index in [1.807, 2.05) is 12.1 Å². The molecule has 0 fully saturated rings. The van der Waals surface area contributed by atoms with Crippen LogP contribution in [0, 0.1) is 5.82 Å². The van der Waals surface area contributed by atoms with E-state index >= 15 is 0 Å². The van der Waals surface area contributed by atoms with Crippen molar-refractivity contribution in [3.63, 3.8) is 0 Å². The Morgan fingerprint density at radius 1 is 1.04 bits per heavy atom. The van der Waals surface area contributed by atoms with Crippen molar-refractivity contribution in [3.05, 3.63) is 64.6 Å². The molecule has 3 aliphatic heterocycles. The highest BCUT2D eigenvalue weighted by Gasteiger charge is 2.39. The van der Waals surface area contributed by atoms with Crippen molar-refractivity contribution in [2.24, 2.45) is 0 Å². The third-order valence-electron chi connectivity index (χ3n) is 4.53. The van der Waals surface area contributed by atoms with Crippen LogP contribution in [0.2, 0.25) is 0 Å². The van der Waals surface area contributed by atoms with Crippen molar-refractivity contribution in [2.45, 2.75) is 5.92 Å². The van der Waals surface area contributed by atoms with Crippen LogP contribution in [-0.4, -0.2) is 19.4 Å². The van der Waals surface area contributed by atoms with Gasteiger partial charge >= 0.3 is 5.97 Å². The zero-order valence-electron chi connectivity index (χ0n) is 12.5. The number of cyclic esters (lactones) is 1. The van der Waals surface area contributed by atoms with Gasteiger partial charge in [-0.05, 0) is 29.3 Å². The molecule has 0 aliphatic carbocycles. The summed E-state index contributed by atoms with van der Waals surface area (Å²) in [5.41, 5.74) is 3.84. The first-order chi connectivity index (χ1) is 11.7. The van der Waals surface area contributed by atoms with Gasteiger partial charge in [-0.3, -0.25) is 0 Å². The van der Waals surface area contributed by atoms with Crippen LogP contribution in [0.25, 0.3) is 0 Å². The fourth-order valence-corrected chi connectivity index (χ4v) is 3.44. The number of halogens is 1. The molecular weight excluding hydrogens is 313 g/mol. The molecule has 5 rings (SSSR count). The lowest BCUT2D eigenvalue weighted by Crippen LogP contribution is -2.19. The average molecular weight is 325 g/mol. The molecule has 0 aromatic heterocycles. The number of rotatable bonds is 1. The first kappa shape index (κ1) is 13.4. The van der Waals surface area contributed by atoms with E-state index in [0.717, 1.165) is 22.5 Å². The van der Waals surface area contributed by atoms with Crippen molar-refractivity contribution < 1.29 is 23.4 Å². The van der Waals surface area contributed by atoms with Crippen molar-refractivity contribution >= 4 is 11.7 Å². The van der Waals surface area contributed by atoms with E-state index in [-0.39, 0.29) is 31.1 Å². The summed E-state index contributed by atoms with van der Waals surface area (Å²) in [6.07, 6.45) is 0. The third-order valence-corrected chi connectivity index (χ3v) is 4.53. The first-order valence-electron chi connectivity index (χ1n) is 7.57. The highest BCUT2D eigenvalue weighted by molar-refractivity contribution is 5.97. The minimum atomic E-state index is -0.352. The molecule has 1 atom stereocenters. The average Bonchev–Trinajstić information content (AvgIpc) is 3.18. The van der Waals surface area contributed by atoms with Crippen molar-refractivity contribution in [3.8, 4) is 11.5 Å². The Morgan fingerprint density at radius 2 is 1.79 bits per heavy atom. The maximum absolute atomic E-state index is 13.3. The molecule has 5 nitrogen and oxygen atoms in total. The summed E-state index contributed by atoms with van der Waals surface area (Å²) in [5, 5.41) is 3.25. The summed E-state index contributed by atoms with van der Waals surface area (Å²) in [6.45, 7) is 0.383. The molecule has 0 saturated carbocycles. The Hall–Kier alpha value is -3.02. The quantitative estimate of drug-likeness (QED) is 0.817. The number of nitrogens with one attached hydrogen (secondary N) is 1. The van der Waals surface area contributed by atoms with Crippen LogP contribution in [0.4, 0.5) is 10.1 Å². The predicted octanol–water partition coefficient (Wildman–Crippen LogP) is 2.92. The van der Waals surface area contributed by atoms with Gasteiger partial charge in [0.25, 0.3) is 0 Å². The molecule has 0 radical (unpaired) electrons. The van der Waals surface area contributed by atoms with Gasteiger partial charge in [-0.15, -0.1) is 0 Å². The fraction of sp³-hybridized carbons (Fsp3) is 0.167. The van der Waals surface area contributed by atoms with Gasteiger partial charge in [0.05, 0.1) is 11.3 Å². The van der Waals surface area contributed by atoms with E-state index in [1.165, 1.54) is 12.1 Å². The third kappa shape index (κ3) is 1.83. The van der Waals surface area contributed by atoms with Gasteiger partial charge in [0.1, 0.15) is 12.4 Å². The topological polar surface area (TPSA) is 56.8 Å². The van der Waals surface area contributed by atoms with Crippen molar-refractivity contribution in [2.75, 3.05) is 18.7 Å². The zero-order valence-corrected chi connectivity index (χ0v) is 12.5. The van der Waals surface area contributed by atoms with E-state index in [9.17, 15) is 9.18 Å². The molecule has 2 aromatic rings. The number of anilines is 1. The van der Waals surface area contributed by atoms with Gasteiger partial charge in [-0.25, -0.2) is 9.18 Å². The lowest BCUT2D eigenvalue weighted by molar-refractivity contribution is -0.136. The lowest BCUT2D eigenvalue weighted by Gasteiger charge is -2.27. The van der Waals surface area contributed by atoms with Gasteiger partial charge < -0.3 is 19.5 Å². The monoisotopic (exact) mass is 325 g/mol. The molecule has 6 heteroatoms. The summed E-state index contributed by atoms with van der Waals surface area (Å²) in [7, 11) is 0. The molecule has 0 unspecified atom stereocenters. The number of esters is 1. The van der Waals surface area contributed by atoms with Gasteiger partial charge in [-0.2, -0.15) is 0 Å².